The van der Waals surface area contributed by atoms with Crippen molar-refractivity contribution in [3.63, 3.8) is 0 Å². The van der Waals surface area contributed by atoms with Gasteiger partial charge in [0.2, 0.25) is 0 Å². The van der Waals surface area contributed by atoms with Crippen LogP contribution in [-0.2, 0) is 0 Å². The van der Waals surface area contributed by atoms with E-state index in [1.165, 1.54) is 0 Å². The van der Waals surface area contributed by atoms with Crippen LogP contribution >= 0.6 is 0 Å². The number of aryl methyl sites for hydroxylation is 1. The van der Waals surface area contributed by atoms with E-state index in [9.17, 15) is 14.7 Å². The Morgan fingerprint density at radius 2 is 1.91 bits per heavy atom. The molecule has 2 aromatic carbocycles. The van der Waals surface area contributed by atoms with Crippen LogP contribution in [0.5, 0.6) is 5.75 Å². The summed E-state index contributed by atoms with van der Waals surface area (Å²) in [6.45, 7) is 1.89. The van der Waals surface area contributed by atoms with Gasteiger partial charge in [-0.3, -0.25) is 4.79 Å². The third kappa shape index (κ3) is 1.93. The first-order valence-electron chi connectivity index (χ1n) is 7.22. The van der Waals surface area contributed by atoms with Crippen LogP contribution in [0.3, 0.4) is 0 Å². The Balaban J connectivity index is 2.00. The molecule has 4 rings (SSSR count). The zero-order chi connectivity index (χ0) is 16.1. The number of rotatable bonds is 1. The standard InChI is InChI=1S/C18H13NO4/c1-9-6-7-13-12(8-9)16(20)14(18(22)23-13)15-10-4-2-3-5-11(10)17(21)19-15/h2-8,15,20H,1H3,(H,19,21). The number of benzene rings is 2. The number of nitrogens with one attached hydrogen (secondary N) is 1. The van der Waals surface area contributed by atoms with Gasteiger partial charge in [-0.25, -0.2) is 4.79 Å². The molecule has 0 fully saturated rings. The lowest BCUT2D eigenvalue weighted by Crippen LogP contribution is -2.24. The van der Waals surface area contributed by atoms with Gasteiger partial charge in [0.1, 0.15) is 16.9 Å². The highest BCUT2D eigenvalue weighted by atomic mass is 16.4. The normalized spacial score (nSPS) is 16.4. The van der Waals surface area contributed by atoms with E-state index in [0.29, 0.717) is 22.1 Å². The lowest BCUT2D eigenvalue weighted by Gasteiger charge is -2.14. The molecule has 0 spiro atoms. The Bertz CT molecular complexity index is 1020. The molecule has 5 heteroatoms. The highest BCUT2D eigenvalue weighted by molar-refractivity contribution is 6.00. The van der Waals surface area contributed by atoms with Crippen molar-refractivity contribution in [1.29, 1.82) is 0 Å². The summed E-state index contributed by atoms with van der Waals surface area (Å²) in [4.78, 5) is 24.4. The van der Waals surface area contributed by atoms with Gasteiger partial charge in [0, 0.05) is 5.56 Å². The predicted molar refractivity (Wildman–Crippen MR) is 84.6 cm³/mol. The number of aromatic hydroxyl groups is 1. The fourth-order valence-electron chi connectivity index (χ4n) is 3.04. The van der Waals surface area contributed by atoms with Crippen LogP contribution in [0.1, 0.15) is 33.1 Å². The monoisotopic (exact) mass is 307 g/mol. The largest absolute Gasteiger partial charge is 0.507 e. The molecule has 1 aromatic heterocycles. The van der Waals surface area contributed by atoms with Crippen molar-refractivity contribution >= 4 is 16.9 Å². The maximum absolute atomic E-state index is 12.4. The predicted octanol–water partition coefficient (Wildman–Crippen LogP) is 2.64. The summed E-state index contributed by atoms with van der Waals surface area (Å²) in [5.41, 5.74) is 1.82. The van der Waals surface area contributed by atoms with Crippen molar-refractivity contribution in [3.8, 4) is 5.75 Å². The van der Waals surface area contributed by atoms with Gasteiger partial charge in [-0.05, 0) is 30.7 Å². The molecule has 1 amide bonds. The highest BCUT2D eigenvalue weighted by Gasteiger charge is 2.34. The van der Waals surface area contributed by atoms with Crippen molar-refractivity contribution in [3.05, 3.63) is 75.1 Å². The Morgan fingerprint density at radius 3 is 2.74 bits per heavy atom. The van der Waals surface area contributed by atoms with E-state index >= 15 is 0 Å². The number of hydrogen-bond acceptors (Lipinski definition) is 4. The Morgan fingerprint density at radius 1 is 1.13 bits per heavy atom. The fourth-order valence-corrected chi connectivity index (χ4v) is 3.04. The minimum Gasteiger partial charge on any atom is -0.507 e. The quantitative estimate of drug-likeness (QED) is 0.677. The average Bonchev–Trinajstić information content (AvgIpc) is 2.86. The molecule has 3 aromatic rings. The van der Waals surface area contributed by atoms with Crippen LogP contribution in [0, 0.1) is 6.92 Å². The van der Waals surface area contributed by atoms with Gasteiger partial charge in [-0.15, -0.1) is 0 Å². The summed E-state index contributed by atoms with van der Waals surface area (Å²) in [5.74, 6) is -0.421. The molecule has 1 unspecified atom stereocenters. The smallest absolute Gasteiger partial charge is 0.345 e. The molecule has 1 aliphatic rings. The second-order valence-electron chi connectivity index (χ2n) is 5.65. The first kappa shape index (κ1) is 13.6. The number of carbonyl (C=O) groups excluding carboxylic acids is 1. The SMILES string of the molecule is Cc1ccc2oc(=O)c(C3NC(=O)c4ccccc43)c(O)c2c1. The molecule has 2 heterocycles. The third-order valence-electron chi connectivity index (χ3n) is 4.15. The van der Waals surface area contributed by atoms with Crippen LogP contribution in [0.15, 0.2) is 51.7 Å². The number of hydrogen-bond donors (Lipinski definition) is 2. The van der Waals surface area contributed by atoms with E-state index < -0.39 is 11.7 Å². The van der Waals surface area contributed by atoms with Crippen LogP contribution in [0.2, 0.25) is 0 Å². The fraction of sp³-hybridized carbons (Fsp3) is 0.111. The lowest BCUT2D eigenvalue weighted by atomic mass is 9.97. The van der Waals surface area contributed by atoms with Crippen molar-refractivity contribution in [2.24, 2.45) is 0 Å². The summed E-state index contributed by atoms with van der Waals surface area (Å²) < 4.78 is 5.32. The first-order valence-corrected chi connectivity index (χ1v) is 7.22. The summed E-state index contributed by atoms with van der Waals surface area (Å²) in [5, 5.41) is 13.8. The summed E-state index contributed by atoms with van der Waals surface area (Å²) in [6, 6.07) is 11.5. The molecule has 2 N–H and O–H groups in total. The van der Waals surface area contributed by atoms with Gasteiger partial charge in [-0.1, -0.05) is 29.8 Å². The third-order valence-corrected chi connectivity index (χ3v) is 4.15. The van der Waals surface area contributed by atoms with E-state index in [0.717, 1.165) is 5.56 Å². The van der Waals surface area contributed by atoms with Crippen molar-refractivity contribution in [1.82, 2.24) is 5.32 Å². The maximum Gasteiger partial charge on any atom is 0.345 e. The number of fused-ring (bicyclic) bond motifs is 2. The molecule has 114 valence electrons. The van der Waals surface area contributed by atoms with Gasteiger partial charge >= 0.3 is 5.63 Å². The second kappa shape index (κ2) is 4.71. The summed E-state index contributed by atoms with van der Waals surface area (Å²) in [6.07, 6.45) is 0. The Hall–Kier alpha value is -3.08. The molecule has 0 bridgehead atoms. The number of carbonyl (C=O) groups is 1. The molecule has 0 radical (unpaired) electrons. The van der Waals surface area contributed by atoms with Gasteiger partial charge in [0.25, 0.3) is 5.91 Å². The van der Waals surface area contributed by atoms with E-state index in [4.69, 9.17) is 4.42 Å². The molecule has 1 aliphatic heterocycles. The second-order valence-corrected chi connectivity index (χ2v) is 5.65. The molecular weight excluding hydrogens is 294 g/mol. The van der Waals surface area contributed by atoms with Gasteiger partial charge in [-0.2, -0.15) is 0 Å². The van der Waals surface area contributed by atoms with Gasteiger partial charge < -0.3 is 14.8 Å². The lowest BCUT2D eigenvalue weighted by molar-refractivity contribution is 0.0960. The zero-order valence-electron chi connectivity index (χ0n) is 12.3. The first-order chi connectivity index (χ1) is 11.1. The van der Waals surface area contributed by atoms with Crippen LogP contribution in [0.4, 0.5) is 0 Å². The molecule has 1 atom stereocenters. The summed E-state index contributed by atoms with van der Waals surface area (Å²) in [7, 11) is 0. The molecule has 0 aliphatic carbocycles. The highest BCUT2D eigenvalue weighted by Crippen LogP contribution is 2.36. The van der Waals surface area contributed by atoms with Crippen LogP contribution < -0.4 is 10.9 Å². The van der Waals surface area contributed by atoms with Crippen molar-refractivity contribution in [2.75, 3.05) is 0 Å². The Kier molecular flexibility index (Phi) is 2.78. The van der Waals surface area contributed by atoms with Crippen LogP contribution in [0.25, 0.3) is 11.0 Å². The molecule has 23 heavy (non-hydrogen) atoms. The topological polar surface area (TPSA) is 79.5 Å². The van der Waals surface area contributed by atoms with E-state index in [1.54, 1.807) is 42.5 Å². The number of amides is 1. The van der Waals surface area contributed by atoms with E-state index in [-0.39, 0.29) is 17.2 Å². The molecule has 0 saturated carbocycles. The minimum absolute atomic E-state index is 0.0569. The molecule has 0 saturated heterocycles. The van der Waals surface area contributed by atoms with Gasteiger partial charge in [0.15, 0.2) is 0 Å². The average molecular weight is 307 g/mol. The van der Waals surface area contributed by atoms with E-state index in [2.05, 4.69) is 5.32 Å². The maximum atomic E-state index is 12.4. The van der Waals surface area contributed by atoms with E-state index in [1.807, 2.05) is 6.92 Å². The van der Waals surface area contributed by atoms with Crippen molar-refractivity contribution in [2.45, 2.75) is 13.0 Å². The minimum atomic E-state index is -0.708. The van der Waals surface area contributed by atoms with Crippen LogP contribution in [-0.4, -0.2) is 11.0 Å². The molecule has 5 nitrogen and oxygen atoms in total. The van der Waals surface area contributed by atoms with Crippen molar-refractivity contribution < 1.29 is 14.3 Å². The molecular formula is C18H13NO4. The Labute approximate surface area is 131 Å². The summed E-state index contributed by atoms with van der Waals surface area (Å²) >= 11 is 0. The van der Waals surface area contributed by atoms with Gasteiger partial charge in [0.05, 0.1) is 11.4 Å². The zero-order valence-corrected chi connectivity index (χ0v) is 12.3.